The Balaban J connectivity index is 1.95. The Hall–Kier alpha value is -1.65. The van der Waals surface area contributed by atoms with Gasteiger partial charge in [-0.15, -0.1) is 0 Å². The Kier molecular flexibility index (Phi) is 2.50. The lowest BCUT2D eigenvalue weighted by Gasteiger charge is -2.28. The molecule has 5 heteroatoms. The fourth-order valence-electron chi connectivity index (χ4n) is 2.84. The highest BCUT2D eigenvalue weighted by atomic mass is 15.3. The molecule has 1 unspecified atom stereocenters. The van der Waals surface area contributed by atoms with E-state index < -0.39 is 0 Å². The summed E-state index contributed by atoms with van der Waals surface area (Å²) in [4.78, 5) is 8.64. The first-order valence-corrected chi connectivity index (χ1v) is 6.47. The van der Waals surface area contributed by atoms with E-state index in [-0.39, 0.29) is 0 Å². The van der Waals surface area contributed by atoms with Gasteiger partial charge in [-0.05, 0) is 18.3 Å². The summed E-state index contributed by atoms with van der Waals surface area (Å²) >= 11 is 0. The van der Waals surface area contributed by atoms with Crippen LogP contribution in [-0.4, -0.2) is 25.8 Å². The lowest BCUT2D eigenvalue weighted by atomic mass is 9.87. The summed E-state index contributed by atoms with van der Waals surface area (Å²) in [5, 5.41) is 8.83. The van der Waals surface area contributed by atoms with Gasteiger partial charge in [-0.3, -0.25) is 4.68 Å². The summed E-state index contributed by atoms with van der Waals surface area (Å²) in [7, 11) is 1.90. The van der Waals surface area contributed by atoms with E-state index in [4.69, 9.17) is 0 Å². The van der Waals surface area contributed by atoms with Gasteiger partial charge in [0.2, 0.25) is 0 Å². The molecule has 0 amide bonds. The van der Waals surface area contributed by atoms with Crippen molar-refractivity contribution in [3.63, 3.8) is 0 Å². The van der Waals surface area contributed by atoms with Crippen molar-refractivity contribution in [1.29, 1.82) is 0 Å². The number of nitrogens with one attached hydrogen (secondary N) is 1. The standard InChI is InChI=1S/C13H19N5/c1-13(2)6-4-5-10(13)17-11-9-7-16-18(3)12(9)15-8-14-11/h7-8,10H,4-6H2,1-3H3,(H,14,15,17). The molecule has 1 saturated carbocycles. The molecular weight excluding hydrogens is 226 g/mol. The van der Waals surface area contributed by atoms with Crippen LogP contribution >= 0.6 is 0 Å². The van der Waals surface area contributed by atoms with Crippen LogP contribution in [0.15, 0.2) is 12.5 Å². The Morgan fingerprint density at radius 3 is 2.94 bits per heavy atom. The second kappa shape index (κ2) is 3.93. The van der Waals surface area contributed by atoms with Gasteiger partial charge in [0, 0.05) is 13.1 Å². The van der Waals surface area contributed by atoms with Gasteiger partial charge in [-0.25, -0.2) is 9.97 Å². The molecule has 1 aliphatic carbocycles. The number of nitrogens with zero attached hydrogens (tertiary/aromatic N) is 4. The third kappa shape index (κ3) is 1.74. The van der Waals surface area contributed by atoms with Crippen molar-refractivity contribution < 1.29 is 0 Å². The van der Waals surface area contributed by atoms with Crippen LogP contribution in [0, 0.1) is 5.41 Å². The minimum atomic E-state index is 0.333. The van der Waals surface area contributed by atoms with Crippen LogP contribution in [0.4, 0.5) is 5.82 Å². The number of hydrogen-bond acceptors (Lipinski definition) is 4. The zero-order valence-electron chi connectivity index (χ0n) is 11.1. The number of fused-ring (bicyclic) bond motifs is 1. The maximum Gasteiger partial charge on any atom is 0.163 e. The van der Waals surface area contributed by atoms with E-state index in [1.807, 2.05) is 13.2 Å². The van der Waals surface area contributed by atoms with Gasteiger partial charge in [-0.2, -0.15) is 5.10 Å². The Morgan fingerprint density at radius 1 is 1.39 bits per heavy atom. The van der Waals surface area contributed by atoms with Crippen LogP contribution in [0.5, 0.6) is 0 Å². The summed E-state index contributed by atoms with van der Waals surface area (Å²) < 4.78 is 1.78. The number of aryl methyl sites for hydroxylation is 1. The second-order valence-electron chi connectivity index (χ2n) is 5.81. The molecule has 1 N–H and O–H groups in total. The molecule has 0 aliphatic heterocycles. The molecule has 5 nitrogen and oxygen atoms in total. The second-order valence-corrected chi connectivity index (χ2v) is 5.81. The largest absolute Gasteiger partial charge is 0.366 e. The first-order valence-electron chi connectivity index (χ1n) is 6.47. The minimum Gasteiger partial charge on any atom is -0.366 e. The quantitative estimate of drug-likeness (QED) is 0.882. The SMILES string of the molecule is Cn1ncc2c(NC3CCCC3(C)C)ncnc21. The summed E-state index contributed by atoms with van der Waals surface area (Å²) in [5.41, 5.74) is 1.21. The summed E-state index contributed by atoms with van der Waals surface area (Å²) in [6.45, 7) is 4.64. The van der Waals surface area contributed by atoms with Crippen LogP contribution in [0.1, 0.15) is 33.1 Å². The zero-order valence-corrected chi connectivity index (χ0v) is 11.1. The molecule has 1 fully saturated rings. The van der Waals surface area contributed by atoms with Gasteiger partial charge in [0.25, 0.3) is 0 Å². The molecular formula is C13H19N5. The molecule has 0 bridgehead atoms. The molecule has 1 atom stereocenters. The summed E-state index contributed by atoms with van der Waals surface area (Å²) in [6, 6.07) is 0.482. The number of rotatable bonds is 2. The molecule has 96 valence electrons. The van der Waals surface area contributed by atoms with Crippen molar-refractivity contribution in [3.8, 4) is 0 Å². The van der Waals surface area contributed by atoms with E-state index in [2.05, 4.69) is 34.2 Å². The molecule has 0 radical (unpaired) electrons. The predicted octanol–water partition coefficient (Wildman–Crippen LogP) is 2.35. The maximum atomic E-state index is 4.37. The van der Waals surface area contributed by atoms with Crippen molar-refractivity contribution in [2.24, 2.45) is 12.5 Å². The van der Waals surface area contributed by atoms with Gasteiger partial charge in [0.1, 0.15) is 12.1 Å². The van der Waals surface area contributed by atoms with Gasteiger partial charge < -0.3 is 5.32 Å². The van der Waals surface area contributed by atoms with Crippen molar-refractivity contribution in [2.45, 2.75) is 39.2 Å². The van der Waals surface area contributed by atoms with Gasteiger partial charge in [0.15, 0.2) is 5.65 Å². The molecule has 2 aromatic rings. The molecule has 0 aromatic carbocycles. The third-order valence-corrected chi connectivity index (χ3v) is 4.10. The van der Waals surface area contributed by atoms with Crippen LogP contribution < -0.4 is 5.32 Å². The van der Waals surface area contributed by atoms with E-state index in [0.29, 0.717) is 11.5 Å². The predicted molar refractivity (Wildman–Crippen MR) is 71.3 cm³/mol. The van der Waals surface area contributed by atoms with Crippen molar-refractivity contribution in [1.82, 2.24) is 19.7 Å². The molecule has 18 heavy (non-hydrogen) atoms. The van der Waals surface area contributed by atoms with Gasteiger partial charge in [0.05, 0.1) is 11.6 Å². The smallest absolute Gasteiger partial charge is 0.163 e. The van der Waals surface area contributed by atoms with Gasteiger partial charge in [-0.1, -0.05) is 20.3 Å². The van der Waals surface area contributed by atoms with E-state index in [1.165, 1.54) is 19.3 Å². The molecule has 0 spiro atoms. The number of aromatic nitrogens is 4. The lowest BCUT2D eigenvalue weighted by molar-refractivity contribution is 0.349. The van der Waals surface area contributed by atoms with Crippen molar-refractivity contribution in [2.75, 3.05) is 5.32 Å². The molecule has 0 saturated heterocycles. The lowest BCUT2D eigenvalue weighted by Crippen LogP contribution is -2.31. The highest BCUT2D eigenvalue weighted by Gasteiger charge is 2.34. The average molecular weight is 245 g/mol. The van der Waals surface area contributed by atoms with E-state index in [1.54, 1.807) is 11.0 Å². The van der Waals surface area contributed by atoms with E-state index in [0.717, 1.165) is 16.9 Å². The Morgan fingerprint density at radius 2 is 2.22 bits per heavy atom. The van der Waals surface area contributed by atoms with Crippen molar-refractivity contribution >= 4 is 16.9 Å². The normalized spacial score (nSPS) is 22.5. The van der Waals surface area contributed by atoms with Crippen LogP contribution in [0.3, 0.4) is 0 Å². The monoisotopic (exact) mass is 245 g/mol. The number of hydrogen-bond donors (Lipinski definition) is 1. The first-order chi connectivity index (χ1) is 8.58. The third-order valence-electron chi connectivity index (χ3n) is 4.10. The Bertz CT molecular complexity index is 572. The number of anilines is 1. The first kappa shape index (κ1) is 11.4. The topological polar surface area (TPSA) is 55.6 Å². The molecule has 1 aliphatic rings. The molecule has 2 heterocycles. The van der Waals surface area contributed by atoms with Crippen LogP contribution in [0.25, 0.3) is 11.0 Å². The summed E-state index contributed by atoms with van der Waals surface area (Å²) in [5.74, 6) is 0.910. The molecule has 3 rings (SSSR count). The maximum absolute atomic E-state index is 4.37. The fourth-order valence-corrected chi connectivity index (χ4v) is 2.84. The zero-order chi connectivity index (χ0) is 12.8. The average Bonchev–Trinajstić information content (AvgIpc) is 2.85. The van der Waals surface area contributed by atoms with Gasteiger partial charge >= 0.3 is 0 Å². The molecule has 2 aromatic heterocycles. The minimum absolute atomic E-state index is 0.333. The summed E-state index contributed by atoms with van der Waals surface area (Å²) in [6.07, 6.45) is 7.20. The van der Waals surface area contributed by atoms with E-state index in [9.17, 15) is 0 Å². The van der Waals surface area contributed by atoms with E-state index >= 15 is 0 Å². The van der Waals surface area contributed by atoms with Crippen molar-refractivity contribution in [3.05, 3.63) is 12.5 Å². The van der Waals surface area contributed by atoms with Crippen LogP contribution in [-0.2, 0) is 7.05 Å². The Labute approximate surface area is 107 Å². The highest BCUT2D eigenvalue weighted by Crippen LogP contribution is 2.39. The highest BCUT2D eigenvalue weighted by molar-refractivity contribution is 5.86. The van der Waals surface area contributed by atoms with Crippen LogP contribution in [0.2, 0.25) is 0 Å². The fraction of sp³-hybridized carbons (Fsp3) is 0.615.